The molecule has 2 nitrogen and oxygen atoms in total. The molecule has 1 N–H and O–H groups in total. The van der Waals surface area contributed by atoms with E-state index in [0.29, 0.717) is 6.54 Å². The van der Waals surface area contributed by atoms with E-state index >= 15 is 0 Å². The number of aromatic nitrogens is 1. The predicted octanol–water partition coefficient (Wildman–Crippen LogP) is 5.06. The van der Waals surface area contributed by atoms with Crippen molar-refractivity contribution in [3.63, 3.8) is 0 Å². The van der Waals surface area contributed by atoms with Gasteiger partial charge in [-0.25, -0.2) is 4.98 Å². The summed E-state index contributed by atoms with van der Waals surface area (Å²) in [5, 5.41) is 3.36. The van der Waals surface area contributed by atoms with Crippen molar-refractivity contribution in [1.82, 2.24) is 4.98 Å². The molecule has 0 saturated heterocycles. The molecule has 0 bridgehead atoms. The van der Waals surface area contributed by atoms with Gasteiger partial charge >= 0.3 is 0 Å². The second kappa shape index (κ2) is 6.39. The number of hydrogen-bond donors (Lipinski definition) is 1. The SMILES string of the molecule is CC(C)(C)CC(Cl)CNc1ncc(Br)cc1Br. The van der Waals surface area contributed by atoms with Gasteiger partial charge < -0.3 is 5.32 Å². The van der Waals surface area contributed by atoms with Crippen molar-refractivity contribution < 1.29 is 0 Å². The summed E-state index contributed by atoms with van der Waals surface area (Å²) >= 11 is 13.1. The zero-order valence-corrected chi connectivity index (χ0v) is 14.2. The summed E-state index contributed by atoms with van der Waals surface area (Å²) in [6, 6.07) is 1.96. The zero-order chi connectivity index (χ0) is 13.1. The molecule has 96 valence electrons. The van der Waals surface area contributed by atoms with Crippen LogP contribution in [0.5, 0.6) is 0 Å². The normalized spacial score (nSPS) is 13.5. The van der Waals surface area contributed by atoms with E-state index in [2.05, 4.69) is 62.9 Å². The lowest BCUT2D eigenvalue weighted by molar-refractivity contribution is 0.373. The maximum Gasteiger partial charge on any atom is 0.140 e. The average Bonchev–Trinajstić information content (AvgIpc) is 2.13. The fraction of sp³-hybridized carbons (Fsp3) is 0.583. The highest BCUT2D eigenvalue weighted by Gasteiger charge is 2.17. The molecule has 0 aliphatic rings. The molecule has 0 spiro atoms. The highest BCUT2D eigenvalue weighted by Crippen LogP contribution is 2.26. The molecule has 1 heterocycles. The number of anilines is 1. The Morgan fingerprint density at radius 1 is 1.41 bits per heavy atom. The molecule has 1 unspecified atom stereocenters. The van der Waals surface area contributed by atoms with E-state index in [1.165, 1.54) is 0 Å². The molecule has 1 aromatic rings. The molecule has 0 saturated carbocycles. The van der Waals surface area contributed by atoms with Crippen molar-refractivity contribution in [2.45, 2.75) is 32.6 Å². The van der Waals surface area contributed by atoms with Gasteiger partial charge in [0.15, 0.2) is 0 Å². The Balaban J connectivity index is 2.50. The summed E-state index contributed by atoms with van der Waals surface area (Å²) in [7, 11) is 0. The first-order valence-corrected chi connectivity index (χ1v) is 7.49. The van der Waals surface area contributed by atoms with E-state index in [9.17, 15) is 0 Å². The fourth-order valence-electron chi connectivity index (χ4n) is 1.49. The number of nitrogens with zero attached hydrogens (tertiary/aromatic N) is 1. The van der Waals surface area contributed by atoms with Crippen LogP contribution in [0.4, 0.5) is 5.82 Å². The number of alkyl halides is 1. The molecule has 1 rings (SSSR count). The number of nitrogens with one attached hydrogen (secondary N) is 1. The summed E-state index contributed by atoms with van der Waals surface area (Å²) in [6.07, 6.45) is 2.73. The van der Waals surface area contributed by atoms with Gasteiger partial charge in [0.05, 0.1) is 9.85 Å². The summed E-state index contributed by atoms with van der Waals surface area (Å²) in [4.78, 5) is 4.28. The molecule has 0 radical (unpaired) electrons. The van der Waals surface area contributed by atoms with Crippen LogP contribution >= 0.6 is 43.5 Å². The smallest absolute Gasteiger partial charge is 0.140 e. The summed E-state index contributed by atoms with van der Waals surface area (Å²) in [5.74, 6) is 0.827. The van der Waals surface area contributed by atoms with Gasteiger partial charge in [0.1, 0.15) is 5.82 Å². The highest BCUT2D eigenvalue weighted by atomic mass is 79.9. The maximum atomic E-state index is 6.28. The minimum atomic E-state index is 0.104. The Bertz CT molecular complexity index is 377. The van der Waals surface area contributed by atoms with Crippen LogP contribution in [0.25, 0.3) is 0 Å². The lowest BCUT2D eigenvalue weighted by atomic mass is 9.90. The predicted molar refractivity (Wildman–Crippen MR) is 81.8 cm³/mol. The molecular weight excluding hydrogens is 367 g/mol. The number of halogens is 3. The fourth-order valence-corrected chi connectivity index (χ4v) is 3.16. The largest absolute Gasteiger partial charge is 0.368 e. The van der Waals surface area contributed by atoms with E-state index < -0.39 is 0 Å². The first kappa shape index (κ1) is 15.3. The van der Waals surface area contributed by atoms with Gasteiger partial charge in [0.25, 0.3) is 0 Å². The van der Waals surface area contributed by atoms with Gasteiger partial charge in [-0.2, -0.15) is 0 Å². The molecule has 5 heteroatoms. The Morgan fingerprint density at radius 3 is 2.59 bits per heavy atom. The monoisotopic (exact) mass is 382 g/mol. The van der Waals surface area contributed by atoms with Crippen molar-refractivity contribution in [3.05, 3.63) is 21.2 Å². The number of pyridine rings is 1. The zero-order valence-electron chi connectivity index (χ0n) is 10.2. The second-order valence-electron chi connectivity index (χ2n) is 5.23. The molecule has 0 amide bonds. The van der Waals surface area contributed by atoms with Crippen molar-refractivity contribution in [1.29, 1.82) is 0 Å². The first-order valence-electron chi connectivity index (χ1n) is 5.47. The van der Waals surface area contributed by atoms with Crippen LogP contribution in [0.15, 0.2) is 21.2 Å². The summed E-state index contributed by atoms with van der Waals surface area (Å²) in [6.45, 7) is 7.29. The van der Waals surface area contributed by atoms with Crippen molar-refractivity contribution in [3.8, 4) is 0 Å². The molecule has 17 heavy (non-hydrogen) atoms. The van der Waals surface area contributed by atoms with Crippen LogP contribution in [0.1, 0.15) is 27.2 Å². The Labute approximate surface area is 125 Å². The quantitative estimate of drug-likeness (QED) is 0.734. The van der Waals surface area contributed by atoms with Crippen LogP contribution in [0.3, 0.4) is 0 Å². The Kier molecular flexibility index (Phi) is 5.74. The third-order valence-corrected chi connectivity index (χ3v) is 3.48. The molecule has 0 aliphatic carbocycles. The average molecular weight is 385 g/mol. The van der Waals surface area contributed by atoms with E-state index in [-0.39, 0.29) is 10.8 Å². The van der Waals surface area contributed by atoms with E-state index in [0.717, 1.165) is 21.2 Å². The topological polar surface area (TPSA) is 24.9 Å². The van der Waals surface area contributed by atoms with Crippen LogP contribution < -0.4 is 5.32 Å². The minimum absolute atomic E-state index is 0.104. The lowest BCUT2D eigenvalue weighted by Gasteiger charge is -2.22. The van der Waals surface area contributed by atoms with Crippen molar-refractivity contribution in [2.24, 2.45) is 5.41 Å². The van der Waals surface area contributed by atoms with Crippen LogP contribution in [-0.4, -0.2) is 16.9 Å². The summed E-state index contributed by atoms with van der Waals surface area (Å²) < 4.78 is 1.89. The third-order valence-electron chi connectivity index (χ3n) is 2.13. The Morgan fingerprint density at radius 2 is 2.06 bits per heavy atom. The van der Waals surface area contributed by atoms with Crippen molar-refractivity contribution in [2.75, 3.05) is 11.9 Å². The number of rotatable bonds is 4. The van der Waals surface area contributed by atoms with Crippen LogP contribution in [0, 0.1) is 5.41 Å². The van der Waals surface area contributed by atoms with Gasteiger partial charge in [0.2, 0.25) is 0 Å². The Hall–Kier alpha value is 0.200. The molecule has 1 atom stereocenters. The number of hydrogen-bond acceptors (Lipinski definition) is 2. The van der Waals surface area contributed by atoms with Gasteiger partial charge in [-0.1, -0.05) is 20.8 Å². The third kappa shape index (κ3) is 6.07. The van der Waals surface area contributed by atoms with E-state index in [1.54, 1.807) is 6.20 Å². The van der Waals surface area contributed by atoms with E-state index in [4.69, 9.17) is 11.6 Å². The van der Waals surface area contributed by atoms with Gasteiger partial charge in [0, 0.05) is 17.2 Å². The van der Waals surface area contributed by atoms with E-state index in [1.807, 2.05) is 6.07 Å². The molecule has 0 aromatic carbocycles. The lowest BCUT2D eigenvalue weighted by Crippen LogP contribution is -2.21. The molecule has 0 aliphatic heterocycles. The van der Waals surface area contributed by atoms with Gasteiger partial charge in [-0.3, -0.25) is 0 Å². The second-order valence-corrected chi connectivity index (χ2v) is 7.61. The molecule has 0 fully saturated rings. The van der Waals surface area contributed by atoms with Crippen LogP contribution in [-0.2, 0) is 0 Å². The van der Waals surface area contributed by atoms with Crippen LogP contribution in [0.2, 0.25) is 0 Å². The van der Waals surface area contributed by atoms with Crippen molar-refractivity contribution >= 4 is 49.3 Å². The first-order chi connectivity index (χ1) is 7.78. The van der Waals surface area contributed by atoms with Gasteiger partial charge in [-0.15, -0.1) is 11.6 Å². The maximum absolute atomic E-state index is 6.28. The standard InChI is InChI=1S/C12H17Br2ClN2/c1-12(2,3)5-9(15)7-17-11-10(14)4-8(13)6-16-11/h4,6,9H,5,7H2,1-3H3,(H,16,17). The van der Waals surface area contributed by atoms with Gasteiger partial charge in [-0.05, 0) is 49.8 Å². The molecule has 1 aromatic heterocycles. The minimum Gasteiger partial charge on any atom is -0.368 e. The summed E-state index contributed by atoms with van der Waals surface area (Å²) in [5.41, 5.74) is 0.248. The highest BCUT2D eigenvalue weighted by molar-refractivity contribution is 9.11. The molecular formula is C12H17Br2ClN2.